The number of H-pyrrole nitrogens is 2. The van der Waals surface area contributed by atoms with Gasteiger partial charge in [-0.05, 0) is 96.1 Å². The van der Waals surface area contributed by atoms with E-state index in [0.29, 0.717) is 24.3 Å². The number of carbonyl (C=O) groups is 6. The predicted octanol–water partition coefficient (Wildman–Crippen LogP) is 7.86. The van der Waals surface area contributed by atoms with Crippen molar-refractivity contribution in [2.75, 3.05) is 39.6 Å². The summed E-state index contributed by atoms with van der Waals surface area (Å²) in [5.41, 5.74) is 9.75. The minimum atomic E-state index is -1.35. The fraction of sp³-hybridized carbons (Fsp3) is 0.397. The van der Waals surface area contributed by atoms with Crippen LogP contribution in [-0.2, 0) is 76.1 Å². The molecule has 23 heteroatoms. The summed E-state index contributed by atoms with van der Waals surface area (Å²) in [5.74, 6) is -3.14. The number of hydrogen-bond acceptors (Lipinski definition) is 21. The Morgan fingerprint density at radius 2 is 0.919 bits per heavy atom. The van der Waals surface area contributed by atoms with Crippen molar-refractivity contribution >= 4 is 82.2 Å². The number of fused-ring (bicyclic) bond motifs is 8. The highest BCUT2D eigenvalue weighted by Gasteiger charge is 2.53. The SMILES string of the molecule is CC(=O)OCC1OC(OCCCOc2ccc(-c3c4nc(cc5ccc([nH]5)c(-c5ccc(OCCCOC6OC(COC(C)=O)C(OC(C)=O)C(OC(C)=O)C6OC(C)=O)cc5)c5nc(cc6ccc3[nH]6)C=C5)C=C4)cc2)C(O)C(OC(C)=O)C1C. The zero-order valence-corrected chi connectivity index (χ0v) is 48.5. The summed E-state index contributed by atoms with van der Waals surface area (Å²) < 4.78 is 68.3. The molecule has 3 aromatic heterocycles. The van der Waals surface area contributed by atoms with Gasteiger partial charge in [-0.2, -0.15) is 0 Å². The first kappa shape index (κ1) is 61.8. The molecule has 0 aliphatic carbocycles. The summed E-state index contributed by atoms with van der Waals surface area (Å²) in [7, 11) is 0. The quantitative estimate of drug-likeness (QED) is 0.0330. The highest BCUT2D eigenvalue weighted by atomic mass is 16.7. The van der Waals surface area contributed by atoms with Crippen molar-refractivity contribution in [2.45, 2.75) is 117 Å². The van der Waals surface area contributed by atoms with Crippen molar-refractivity contribution in [3.63, 3.8) is 0 Å². The summed E-state index contributed by atoms with van der Waals surface area (Å²) in [6, 6.07) is 27.3. The molecule has 454 valence electrons. The van der Waals surface area contributed by atoms with Gasteiger partial charge in [0.2, 0.25) is 0 Å². The summed E-state index contributed by atoms with van der Waals surface area (Å²) in [4.78, 5) is 89.0. The fourth-order valence-electron chi connectivity index (χ4n) is 10.3. The van der Waals surface area contributed by atoms with Gasteiger partial charge in [0.1, 0.15) is 49.1 Å². The first-order valence-electron chi connectivity index (χ1n) is 28.1. The number of nitrogens with zero attached hydrogens (tertiary/aromatic N) is 2. The Kier molecular flexibility index (Phi) is 20.4. The maximum Gasteiger partial charge on any atom is 0.303 e. The van der Waals surface area contributed by atoms with Gasteiger partial charge in [-0.25, -0.2) is 9.97 Å². The largest absolute Gasteiger partial charge is 0.494 e. The van der Waals surface area contributed by atoms with Crippen LogP contribution in [0.4, 0.5) is 0 Å². The molecule has 8 bridgehead atoms. The zero-order chi connectivity index (χ0) is 61.0. The van der Waals surface area contributed by atoms with Gasteiger partial charge >= 0.3 is 35.8 Å². The average molecular weight is 1190 g/mol. The van der Waals surface area contributed by atoms with Crippen LogP contribution in [-0.4, -0.2) is 156 Å². The number of rotatable bonds is 22. The van der Waals surface area contributed by atoms with E-state index < -0.39 is 97.0 Å². The summed E-state index contributed by atoms with van der Waals surface area (Å²) in [6.07, 6.45) is -1.70. The molecular weight excluding hydrogens is 1120 g/mol. The van der Waals surface area contributed by atoms with Crippen molar-refractivity contribution in [1.82, 2.24) is 19.9 Å². The maximum atomic E-state index is 12.2. The predicted molar refractivity (Wildman–Crippen MR) is 310 cm³/mol. The zero-order valence-electron chi connectivity index (χ0n) is 48.5. The molecule has 3 N–H and O–H groups in total. The lowest BCUT2D eigenvalue weighted by Crippen LogP contribution is -2.63. The fourth-order valence-corrected chi connectivity index (χ4v) is 10.3. The smallest absolute Gasteiger partial charge is 0.303 e. The van der Waals surface area contributed by atoms with E-state index in [0.717, 1.165) is 87.9 Å². The third-order valence-corrected chi connectivity index (χ3v) is 14.1. The van der Waals surface area contributed by atoms with Crippen LogP contribution in [0.2, 0.25) is 0 Å². The molecule has 7 heterocycles. The first-order valence-corrected chi connectivity index (χ1v) is 28.1. The van der Waals surface area contributed by atoms with Gasteiger partial charge in [0.05, 0.1) is 49.2 Å². The third kappa shape index (κ3) is 16.0. The monoisotopic (exact) mass is 1180 g/mol. The normalized spacial score (nSPS) is 22.3. The summed E-state index contributed by atoms with van der Waals surface area (Å²) >= 11 is 0. The second kappa shape index (κ2) is 28.4. The van der Waals surface area contributed by atoms with Gasteiger partial charge in [0, 0.05) is 93.5 Å². The van der Waals surface area contributed by atoms with E-state index in [2.05, 4.69) is 9.97 Å². The molecule has 5 aromatic rings. The molecule has 0 saturated carbocycles. The van der Waals surface area contributed by atoms with E-state index >= 15 is 0 Å². The lowest BCUT2D eigenvalue weighted by atomic mass is 9.90. The molecule has 0 amide bonds. The molecule has 10 unspecified atom stereocenters. The number of esters is 6. The highest BCUT2D eigenvalue weighted by molar-refractivity contribution is 5.93. The lowest BCUT2D eigenvalue weighted by Gasteiger charge is -2.44. The number of aliphatic hydroxyl groups is 1. The topological polar surface area (TPSA) is 291 Å². The number of ether oxygens (including phenoxy) is 12. The second-order valence-corrected chi connectivity index (χ2v) is 20.7. The van der Waals surface area contributed by atoms with E-state index in [-0.39, 0.29) is 39.6 Å². The van der Waals surface area contributed by atoms with Crippen LogP contribution in [0.3, 0.4) is 0 Å². The minimum Gasteiger partial charge on any atom is -0.494 e. The summed E-state index contributed by atoms with van der Waals surface area (Å²) in [6.45, 7) is 9.18. The molecule has 2 saturated heterocycles. The van der Waals surface area contributed by atoms with Crippen LogP contribution in [0.25, 0.3) is 68.6 Å². The molecule has 4 aliphatic heterocycles. The number of carbonyl (C=O) groups excluding carboxylic acids is 6. The number of aromatic amines is 2. The number of aromatic nitrogens is 4. The Morgan fingerprint density at radius 1 is 0.488 bits per heavy atom. The Morgan fingerprint density at radius 3 is 1.40 bits per heavy atom. The minimum absolute atomic E-state index is 0.0355. The van der Waals surface area contributed by atoms with Gasteiger partial charge in [0.25, 0.3) is 0 Å². The van der Waals surface area contributed by atoms with Crippen LogP contribution in [0.15, 0.2) is 84.9 Å². The molecule has 2 aromatic carbocycles. The van der Waals surface area contributed by atoms with E-state index in [9.17, 15) is 33.9 Å². The number of aliphatic hydroxyl groups excluding tert-OH is 1. The number of hydrogen-bond donors (Lipinski definition) is 3. The molecule has 0 radical (unpaired) electrons. The van der Waals surface area contributed by atoms with Crippen molar-refractivity contribution in [1.29, 1.82) is 0 Å². The van der Waals surface area contributed by atoms with E-state index in [4.69, 9.17) is 66.8 Å². The number of nitrogens with one attached hydrogen (secondary N) is 2. The molecule has 9 rings (SSSR count). The molecule has 23 nitrogen and oxygen atoms in total. The Labute approximate surface area is 494 Å². The molecule has 4 aliphatic rings. The third-order valence-electron chi connectivity index (χ3n) is 14.1. The van der Waals surface area contributed by atoms with Crippen LogP contribution < -0.4 is 9.47 Å². The molecule has 2 fully saturated rings. The molecule has 0 spiro atoms. The first-order chi connectivity index (χ1) is 41.3. The van der Waals surface area contributed by atoms with Crippen molar-refractivity contribution in [3.05, 3.63) is 108 Å². The average Bonchev–Trinajstić information content (AvgIpc) is 1.76. The maximum absolute atomic E-state index is 12.2. The van der Waals surface area contributed by atoms with Gasteiger partial charge in [0.15, 0.2) is 30.9 Å². The summed E-state index contributed by atoms with van der Waals surface area (Å²) in [5, 5.41) is 11.0. The molecular formula is C63H68N4O19. The van der Waals surface area contributed by atoms with Crippen molar-refractivity contribution < 1.29 is 90.7 Å². The standard InChI is InChI=1S/C63H68N4O19/c1-34-53(32-79-35(2)68)85-62(57(74)58(34)81-37(4)70)77-28-8-26-75-47-18-10-41(11-19-47)55-49-22-14-43(64-49)30-45-16-24-51(66-45)56(52-25-17-46(67-52)31-44-15-23-50(55)65-44)42-12-20-48(21-13-42)76-27-9-29-78-63-61(84-40(7)73)60(83-39(6)72)59(82-38(5)71)54(86-63)33-80-36(3)69/h10-25,30-31,34,53-54,57-64,67,74H,8-9,26-29,32-33H2,1-7H3. The van der Waals surface area contributed by atoms with Crippen molar-refractivity contribution in [3.8, 4) is 33.8 Å². The molecule has 86 heavy (non-hydrogen) atoms. The highest BCUT2D eigenvalue weighted by Crippen LogP contribution is 2.36. The Balaban J connectivity index is 0.866. The van der Waals surface area contributed by atoms with E-state index in [1.807, 2.05) is 109 Å². The lowest BCUT2D eigenvalue weighted by molar-refractivity contribution is -0.308. The Hall–Kier alpha value is -8.74. The van der Waals surface area contributed by atoms with Gasteiger partial charge in [-0.1, -0.05) is 31.2 Å². The van der Waals surface area contributed by atoms with Gasteiger partial charge in [-0.3, -0.25) is 28.8 Å². The van der Waals surface area contributed by atoms with E-state index in [1.165, 1.54) is 20.8 Å². The van der Waals surface area contributed by atoms with Crippen LogP contribution in [0.1, 0.15) is 84.1 Å². The second-order valence-electron chi connectivity index (χ2n) is 20.7. The molecule has 10 atom stereocenters. The van der Waals surface area contributed by atoms with Gasteiger partial charge < -0.3 is 71.9 Å². The van der Waals surface area contributed by atoms with Crippen molar-refractivity contribution in [2.24, 2.45) is 5.92 Å². The van der Waals surface area contributed by atoms with E-state index in [1.54, 1.807) is 6.92 Å². The number of benzene rings is 2. The van der Waals surface area contributed by atoms with Crippen LogP contribution in [0, 0.1) is 5.92 Å². The van der Waals surface area contributed by atoms with Crippen LogP contribution in [0.5, 0.6) is 11.5 Å². The Bertz CT molecular complexity index is 3500. The van der Waals surface area contributed by atoms with Gasteiger partial charge in [-0.15, -0.1) is 0 Å². The van der Waals surface area contributed by atoms with Crippen LogP contribution >= 0.6 is 0 Å².